The van der Waals surface area contributed by atoms with Crippen molar-refractivity contribution < 1.29 is 4.79 Å². The van der Waals surface area contributed by atoms with Gasteiger partial charge in [-0.05, 0) is 62.4 Å². The van der Waals surface area contributed by atoms with E-state index in [1.807, 2.05) is 23.6 Å². The molecule has 2 bridgehead atoms. The molecule has 2 atom stereocenters. The zero-order valence-electron chi connectivity index (χ0n) is 12.1. The predicted octanol–water partition coefficient (Wildman–Crippen LogP) is 2.51. The van der Waals surface area contributed by atoms with Gasteiger partial charge < -0.3 is 5.32 Å². The molecule has 3 fully saturated rings. The molecule has 2 aromatic heterocycles. The minimum Gasteiger partial charge on any atom is -0.346 e. The number of amides is 1. The third-order valence-electron chi connectivity index (χ3n) is 5.02. The maximum Gasteiger partial charge on any atom is 0.270 e. The molecule has 3 saturated heterocycles. The maximum atomic E-state index is 12.5. The van der Waals surface area contributed by atoms with Crippen LogP contribution in [0.2, 0.25) is 0 Å². The number of hydrogen-bond donors (Lipinski definition) is 1. The van der Waals surface area contributed by atoms with Crippen molar-refractivity contribution in [1.82, 2.24) is 15.2 Å². The lowest BCUT2D eigenvalue weighted by molar-refractivity contribution is 0.0216. The van der Waals surface area contributed by atoms with Crippen LogP contribution in [0.25, 0.3) is 10.2 Å². The van der Waals surface area contributed by atoms with E-state index < -0.39 is 0 Å². The van der Waals surface area contributed by atoms with Gasteiger partial charge in [0.15, 0.2) is 0 Å². The summed E-state index contributed by atoms with van der Waals surface area (Å²) in [5.41, 5.74) is 1.44. The third-order valence-corrected chi connectivity index (χ3v) is 5.89. The van der Waals surface area contributed by atoms with E-state index in [1.165, 1.54) is 25.9 Å². The lowest BCUT2D eigenvalue weighted by Crippen LogP contribution is -2.62. The number of fused-ring (bicyclic) bond motifs is 4. The Morgan fingerprint density at radius 2 is 2.14 bits per heavy atom. The van der Waals surface area contributed by atoms with E-state index in [0.29, 0.717) is 17.7 Å². The van der Waals surface area contributed by atoms with Crippen molar-refractivity contribution in [2.24, 2.45) is 5.92 Å². The molecule has 4 nitrogen and oxygen atoms in total. The normalized spacial score (nSPS) is 31.5. The number of carbonyl (C=O) groups excluding carboxylic acids is 1. The molecule has 0 aliphatic carbocycles. The van der Waals surface area contributed by atoms with Crippen LogP contribution < -0.4 is 5.32 Å². The van der Waals surface area contributed by atoms with Crippen molar-refractivity contribution in [1.29, 1.82) is 0 Å². The zero-order chi connectivity index (χ0) is 14.4. The van der Waals surface area contributed by atoms with Crippen LogP contribution in [0, 0.1) is 5.92 Å². The number of carbonyl (C=O) groups is 1. The number of rotatable bonds is 2. The molecule has 5 heterocycles. The molecule has 3 aliphatic heterocycles. The summed E-state index contributed by atoms with van der Waals surface area (Å²) in [4.78, 5) is 19.5. The summed E-state index contributed by atoms with van der Waals surface area (Å²) in [5.74, 6) is 0.590. The first-order valence-electron chi connectivity index (χ1n) is 7.61. The van der Waals surface area contributed by atoms with E-state index in [0.717, 1.165) is 10.2 Å². The highest BCUT2D eigenvalue weighted by molar-refractivity contribution is 7.17. The van der Waals surface area contributed by atoms with Gasteiger partial charge in [-0.1, -0.05) is 0 Å². The molecule has 1 amide bonds. The number of piperidine rings is 3. The van der Waals surface area contributed by atoms with E-state index in [1.54, 1.807) is 11.3 Å². The van der Waals surface area contributed by atoms with Crippen molar-refractivity contribution in [2.75, 3.05) is 13.1 Å². The SMILES string of the molecule is CC1C(NC(=O)c2ccc3sccc3n2)C2CCN1CC2. The molecule has 1 N–H and O–H groups in total. The number of nitrogens with zero attached hydrogens (tertiary/aromatic N) is 2. The Hall–Kier alpha value is -1.46. The Bertz CT molecular complexity index is 673. The van der Waals surface area contributed by atoms with Gasteiger partial charge in [0, 0.05) is 12.1 Å². The molecular weight excluding hydrogens is 282 g/mol. The summed E-state index contributed by atoms with van der Waals surface area (Å²) in [6.45, 7) is 4.58. The van der Waals surface area contributed by atoms with Crippen LogP contribution in [0.1, 0.15) is 30.3 Å². The van der Waals surface area contributed by atoms with Gasteiger partial charge >= 0.3 is 0 Å². The van der Waals surface area contributed by atoms with Gasteiger partial charge in [0.2, 0.25) is 0 Å². The van der Waals surface area contributed by atoms with Gasteiger partial charge in [0.05, 0.1) is 10.2 Å². The molecule has 0 saturated carbocycles. The van der Waals surface area contributed by atoms with Gasteiger partial charge in [-0.2, -0.15) is 0 Å². The van der Waals surface area contributed by atoms with Crippen LogP contribution in [0.15, 0.2) is 23.6 Å². The van der Waals surface area contributed by atoms with Crippen molar-refractivity contribution in [3.8, 4) is 0 Å². The molecule has 2 unspecified atom stereocenters. The molecule has 0 radical (unpaired) electrons. The Morgan fingerprint density at radius 3 is 2.90 bits per heavy atom. The highest BCUT2D eigenvalue weighted by Crippen LogP contribution is 2.32. The largest absolute Gasteiger partial charge is 0.346 e. The van der Waals surface area contributed by atoms with Crippen molar-refractivity contribution in [3.05, 3.63) is 29.3 Å². The molecule has 0 aromatic carbocycles. The molecule has 0 spiro atoms. The van der Waals surface area contributed by atoms with Crippen molar-refractivity contribution in [2.45, 2.75) is 31.8 Å². The average Bonchev–Trinajstić information content (AvgIpc) is 2.98. The standard InChI is InChI=1S/C16H19N3OS/c1-10-15(11-4-7-19(10)8-5-11)18-16(20)13-2-3-14-12(17-13)6-9-21-14/h2-3,6,9-11,15H,4-5,7-8H2,1H3,(H,18,20). The van der Waals surface area contributed by atoms with E-state index in [4.69, 9.17) is 0 Å². The van der Waals surface area contributed by atoms with Crippen LogP contribution in [0.5, 0.6) is 0 Å². The first-order valence-corrected chi connectivity index (χ1v) is 8.49. The van der Waals surface area contributed by atoms with Crippen LogP contribution in [0.3, 0.4) is 0 Å². The van der Waals surface area contributed by atoms with Crippen molar-refractivity contribution >= 4 is 27.5 Å². The topological polar surface area (TPSA) is 45.2 Å². The lowest BCUT2D eigenvalue weighted by atomic mass is 9.79. The fourth-order valence-corrected chi connectivity index (χ4v) is 4.47. The summed E-state index contributed by atoms with van der Waals surface area (Å²) < 4.78 is 1.13. The Morgan fingerprint density at radius 1 is 1.33 bits per heavy atom. The second-order valence-electron chi connectivity index (χ2n) is 6.11. The second-order valence-corrected chi connectivity index (χ2v) is 7.06. The number of pyridine rings is 1. The Kier molecular flexibility index (Phi) is 3.19. The lowest BCUT2D eigenvalue weighted by Gasteiger charge is -2.49. The highest BCUT2D eigenvalue weighted by Gasteiger charge is 2.40. The summed E-state index contributed by atoms with van der Waals surface area (Å²) >= 11 is 1.65. The van der Waals surface area contributed by atoms with Gasteiger partial charge in [-0.3, -0.25) is 9.69 Å². The van der Waals surface area contributed by atoms with Crippen LogP contribution in [0.4, 0.5) is 0 Å². The van der Waals surface area contributed by atoms with Gasteiger partial charge in [-0.15, -0.1) is 11.3 Å². The number of nitrogens with one attached hydrogen (secondary N) is 1. The molecule has 5 rings (SSSR count). The van der Waals surface area contributed by atoms with Gasteiger partial charge in [0.1, 0.15) is 5.69 Å². The fraction of sp³-hybridized carbons (Fsp3) is 0.500. The van der Waals surface area contributed by atoms with E-state index in [2.05, 4.69) is 22.1 Å². The summed E-state index contributed by atoms with van der Waals surface area (Å²) in [6, 6.07) is 6.49. The van der Waals surface area contributed by atoms with Crippen molar-refractivity contribution in [3.63, 3.8) is 0 Å². The van der Waals surface area contributed by atoms with E-state index >= 15 is 0 Å². The third kappa shape index (κ3) is 2.24. The average molecular weight is 301 g/mol. The summed E-state index contributed by atoms with van der Waals surface area (Å²) in [7, 11) is 0. The monoisotopic (exact) mass is 301 g/mol. The smallest absolute Gasteiger partial charge is 0.270 e. The number of aromatic nitrogens is 1. The molecule has 3 aliphatic rings. The van der Waals surface area contributed by atoms with Crippen LogP contribution in [-0.4, -0.2) is 41.0 Å². The zero-order valence-corrected chi connectivity index (χ0v) is 12.9. The highest BCUT2D eigenvalue weighted by atomic mass is 32.1. The second kappa shape index (κ2) is 5.07. The molecular formula is C16H19N3OS. The minimum atomic E-state index is -0.0336. The summed E-state index contributed by atoms with van der Waals surface area (Å²) in [6.07, 6.45) is 2.40. The Balaban J connectivity index is 1.54. The Labute approximate surface area is 128 Å². The minimum absolute atomic E-state index is 0.0336. The molecule has 110 valence electrons. The fourth-order valence-electron chi connectivity index (χ4n) is 3.75. The van der Waals surface area contributed by atoms with Crippen LogP contribution in [-0.2, 0) is 0 Å². The van der Waals surface area contributed by atoms with E-state index in [-0.39, 0.29) is 11.9 Å². The summed E-state index contributed by atoms with van der Waals surface area (Å²) in [5, 5.41) is 5.24. The number of thiophene rings is 1. The van der Waals surface area contributed by atoms with Gasteiger partial charge in [-0.25, -0.2) is 4.98 Å². The molecule has 21 heavy (non-hydrogen) atoms. The van der Waals surface area contributed by atoms with Crippen LogP contribution >= 0.6 is 11.3 Å². The molecule has 5 heteroatoms. The molecule has 2 aromatic rings. The van der Waals surface area contributed by atoms with E-state index in [9.17, 15) is 4.79 Å². The predicted molar refractivity (Wildman–Crippen MR) is 84.6 cm³/mol. The van der Waals surface area contributed by atoms with Gasteiger partial charge in [0.25, 0.3) is 5.91 Å². The number of hydrogen-bond acceptors (Lipinski definition) is 4. The first-order chi connectivity index (χ1) is 10.2. The quantitative estimate of drug-likeness (QED) is 0.927. The first kappa shape index (κ1) is 13.2. The maximum absolute atomic E-state index is 12.5.